The second kappa shape index (κ2) is 12.4. The number of carbonyl (C=O) groups excluding carboxylic acids is 2. The first-order valence-corrected chi connectivity index (χ1v) is 9.07. The summed E-state index contributed by atoms with van der Waals surface area (Å²) in [5, 5.41) is 11.6. The maximum absolute atomic E-state index is 11.2. The number of hydrogen-bond acceptors (Lipinski definition) is 9. The van der Waals surface area contributed by atoms with Gasteiger partial charge < -0.3 is 18.9 Å². The number of aliphatic imine (C=N–C) groups is 1. The average Bonchev–Trinajstić information content (AvgIpc) is 2.68. The van der Waals surface area contributed by atoms with E-state index in [4.69, 9.17) is 14.7 Å². The minimum Gasteiger partial charge on any atom is -0.493 e. The molecule has 0 bridgehead atoms. The van der Waals surface area contributed by atoms with Crippen molar-refractivity contribution in [2.24, 2.45) is 4.99 Å². The van der Waals surface area contributed by atoms with E-state index >= 15 is 0 Å². The fraction of sp³-hybridized carbons (Fsp3) is 0.412. The van der Waals surface area contributed by atoms with Gasteiger partial charge in [0.2, 0.25) is 0 Å². The first-order chi connectivity index (χ1) is 13.0. The van der Waals surface area contributed by atoms with Crippen molar-refractivity contribution in [3.05, 3.63) is 18.2 Å². The van der Waals surface area contributed by atoms with Crippen LogP contribution in [0.1, 0.15) is 12.8 Å². The molecule has 146 valence electrons. The smallest absolute Gasteiger partial charge is 0.308 e. The van der Waals surface area contributed by atoms with Crippen LogP contribution in [0.3, 0.4) is 0 Å². The van der Waals surface area contributed by atoms with Crippen LogP contribution < -0.4 is 14.8 Å². The molecule has 27 heavy (non-hydrogen) atoms. The molecule has 1 N–H and O–H groups in total. The summed E-state index contributed by atoms with van der Waals surface area (Å²) in [4.78, 5) is 26.7. The number of benzene rings is 1. The third-order valence-electron chi connectivity index (χ3n) is 3.10. The number of esters is 2. The van der Waals surface area contributed by atoms with Crippen molar-refractivity contribution in [3.8, 4) is 17.7 Å². The zero-order valence-electron chi connectivity index (χ0n) is 15.3. The fourth-order valence-corrected chi connectivity index (χ4v) is 2.12. The molecule has 0 aromatic heterocycles. The Morgan fingerprint density at radius 1 is 1.15 bits per heavy atom. The third-order valence-corrected chi connectivity index (χ3v) is 3.68. The summed E-state index contributed by atoms with van der Waals surface area (Å²) in [6.07, 6.45) is 3.76. The van der Waals surface area contributed by atoms with Crippen LogP contribution in [0.25, 0.3) is 0 Å². The van der Waals surface area contributed by atoms with Gasteiger partial charge in [-0.3, -0.25) is 14.9 Å². The van der Waals surface area contributed by atoms with E-state index in [-0.39, 0.29) is 32.0 Å². The highest BCUT2D eigenvalue weighted by atomic mass is 32.2. The summed E-state index contributed by atoms with van der Waals surface area (Å²) in [5.74, 6) is 0.110. The highest BCUT2D eigenvalue weighted by Crippen LogP contribution is 2.32. The Kier molecular flexibility index (Phi) is 10.2. The van der Waals surface area contributed by atoms with Crippen molar-refractivity contribution in [3.63, 3.8) is 0 Å². The molecule has 0 amide bonds. The predicted molar refractivity (Wildman–Crippen MR) is 100 cm³/mol. The van der Waals surface area contributed by atoms with Crippen LogP contribution in [-0.4, -0.2) is 50.8 Å². The Bertz CT molecular complexity index is 717. The second-order valence-electron chi connectivity index (χ2n) is 4.84. The Labute approximate surface area is 161 Å². The molecule has 10 heteroatoms. The molecule has 0 radical (unpaired) electrons. The standard InChI is InChI=1S/C17H21N3O6S/c1-23-15(21)6-8-25-12-4-5-14(26-9-7-16(22)24-2)13(10-12)20-17(27-3)19-11-18/h4-5,10H,6-9H2,1-3H3,(H,19,20). The number of methoxy groups -OCH3 is 2. The Morgan fingerprint density at radius 2 is 1.78 bits per heavy atom. The van der Waals surface area contributed by atoms with E-state index in [0.717, 1.165) is 0 Å². The lowest BCUT2D eigenvalue weighted by Crippen LogP contribution is -2.13. The summed E-state index contributed by atoms with van der Waals surface area (Å²) < 4.78 is 20.2. The van der Waals surface area contributed by atoms with Gasteiger partial charge in [0.15, 0.2) is 11.4 Å². The van der Waals surface area contributed by atoms with E-state index in [2.05, 4.69) is 19.8 Å². The predicted octanol–water partition coefficient (Wildman–Crippen LogP) is 1.99. The molecule has 1 aromatic carbocycles. The summed E-state index contributed by atoms with van der Waals surface area (Å²) in [5.41, 5.74) is 0.405. The quantitative estimate of drug-likeness (QED) is 0.220. The number of nitrogens with one attached hydrogen (secondary N) is 1. The van der Waals surface area contributed by atoms with E-state index in [9.17, 15) is 9.59 Å². The van der Waals surface area contributed by atoms with Gasteiger partial charge >= 0.3 is 11.9 Å². The molecule has 0 fully saturated rings. The number of thioether (sulfide) groups is 1. The van der Waals surface area contributed by atoms with Crippen LogP contribution in [0.2, 0.25) is 0 Å². The SMILES string of the molecule is COC(=O)CCOc1ccc(OCCC(=O)OC)c(N=C(NC#N)SC)c1. The number of nitriles is 1. The highest BCUT2D eigenvalue weighted by molar-refractivity contribution is 8.13. The fourth-order valence-electron chi connectivity index (χ4n) is 1.78. The van der Waals surface area contributed by atoms with Crippen molar-refractivity contribution >= 4 is 34.6 Å². The van der Waals surface area contributed by atoms with Crippen LogP contribution in [-0.2, 0) is 19.1 Å². The molecule has 0 saturated carbocycles. The lowest BCUT2D eigenvalue weighted by Gasteiger charge is -2.12. The van der Waals surface area contributed by atoms with E-state index in [1.54, 1.807) is 30.6 Å². The molecule has 1 aromatic rings. The Balaban J connectivity index is 2.95. The Morgan fingerprint density at radius 3 is 2.33 bits per heavy atom. The molecule has 9 nitrogen and oxygen atoms in total. The van der Waals surface area contributed by atoms with Crippen LogP contribution in [0, 0.1) is 11.5 Å². The van der Waals surface area contributed by atoms with Crippen molar-refractivity contribution < 1.29 is 28.5 Å². The number of carbonyl (C=O) groups is 2. The summed E-state index contributed by atoms with van der Waals surface area (Å²) >= 11 is 1.25. The van der Waals surface area contributed by atoms with E-state index in [0.29, 0.717) is 22.4 Å². The maximum Gasteiger partial charge on any atom is 0.308 e. The van der Waals surface area contributed by atoms with Crippen molar-refractivity contribution in [2.75, 3.05) is 33.7 Å². The van der Waals surface area contributed by atoms with Gasteiger partial charge in [0.05, 0.1) is 40.3 Å². The normalized spacial score (nSPS) is 10.5. The summed E-state index contributed by atoms with van der Waals surface area (Å²) in [6, 6.07) is 4.90. The molecule has 0 aliphatic heterocycles. The lowest BCUT2D eigenvalue weighted by atomic mass is 10.2. The van der Waals surface area contributed by atoms with Crippen molar-refractivity contribution in [2.45, 2.75) is 12.8 Å². The summed E-state index contributed by atoms with van der Waals surface area (Å²) in [6.45, 7) is 0.252. The van der Waals surface area contributed by atoms with Crippen LogP contribution in [0.5, 0.6) is 11.5 Å². The van der Waals surface area contributed by atoms with Crippen molar-refractivity contribution in [1.29, 1.82) is 5.26 Å². The number of hydrogen-bond donors (Lipinski definition) is 1. The minimum atomic E-state index is -0.390. The van der Waals surface area contributed by atoms with Gasteiger partial charge in [-0.05, 0) is 18.4 Å². The molecule has 0 unspecified atom stereocenters. The molecule has 1 rings (SSSR count). The second-order valence-corrected chi connectivity index (χ2v) is 5.63. The third kappa shape index (κ3) is 8.33. The molecule has 0 aliphatic rings. The highest BCUT2D eigenvalue weighted by Gasteiger charge is 2.10. The Hall–Kier alpha value is -2.93. The topological polar surface area (TPSA) is 119 Å². The average molecular weight is 395 g/mol. The molecule has 0 aliphatic carbocycles. The van der Waals surface area contributed by atoms with E-state index < -0.39 is 5.97 Å². The molecular weight excluding hydrogens is 374 g/mol. The van der Waals surface area contributed by atoms with E-state index in [1.807, 2.05) is 0 Å². The first kappa shape index (κ1) is 22.1. The molecular formula is C17H21N3O6S. The van der Waals surface area contributed by atoms with Gasteiger partial charge in [-0.1, -0.05) is 11.8 Å². The molecule has 0 atom stereocenters. The number of amidine groups is 1. The van der Waals surface area contributed by atoms with Gasteiger partial charge in [0, 0.05) is 6.07 Å². The number of nitrogens with zero attached hydrogens (tertiary/aromatic N) is 2. The van der Waals surface area contributed by atoms with Gasteiger partial charge in [0.1, 0.15) is 17.2 Å². The van der Waals surface area contributed by atoms with Crippen LogP contribution in [0.15, 0.2) is 23.2 Å². The minimum absolute atomic E-state index is 0.0862. The maximum atomic E-state index is 11.2. The lowest BCUT2D eigenvalue weighted by molar-refractivity contribution is -0.142. The van der Waals surface area contributed by atoms with Crippen LogP contribution in [0.4, 0.5) is 5.69 Å². The first-order valence-electron chi connectivity index (χ1n) is 7.85. The largest absolute Gasteiger partial charge is 0.493 e. The zero-order valence-corrected chi connectivity index (χ0v) is 16.1. The molecule has 0 heterocycles. The van der Waals surface area contributed by atoms with Gasteiger partial charge in [-0.2, -0.15) is 5.26 Å². The van der Waals surface area contributed by atoms with Gasteiger partial charge in [-0.15, -0.1) is 0 Å². The van der Waals surface area contributed by atoms with E-state index in [1.165, 1.54) is 26.0 Å². The van der Waals surface area contributed by atoms with Crippen LogP contribution >= 0.6 is 11.8 Å². The number of ether oxygens (including phenoxy) is 4. The number of rotatable bonds is 9. The monoisotopic (exact) mass is 395 g/mol. The van der Waals surface area contributed by atoms with Gasteiger partial charge in [0.25, 0.3) is 0 Å². The summed E-state index contributed by atoms with van der Waals surface area (Å²) in [7, 11) is 2.61. The van der Waals surface area contributed by atoms with Crippen molar-refractivity contribution in [1.82, 2.24) is 5.32 Å². The zero-order chi connectivity index (χ0) is 20.1. The molecule has 0 saturated heterocycles. The van der Waals surface area contributed by atoms with Gasteiger partial charge in [-0.25, -0.2) is 4.99 Å². The molecule has 0 spiro atoms.